The zero-order valence-electron chi connectivity index (χ0n) is 14.2. The molecule has 1 aromatic carbocycles. The van der Waals surface area contributed by atoms with E-state index in [1.54, 1.807) is 33.8 Å². The van der Waals surface area contributed by atoms with Crippen LogP contribution in [0.5, 0.6) is 5.88 Å². The van der Waals surface area contributed by atoms with Gasteiger partial charge in [-0.2, -0.15) is 10.4 Å². The monoisotopic (exact) mass is 363 g/mol. The van der Waals surface area contributed by atoms with Gasteiger partial charge in [0.25, 0.3) is 5.91 Å². The number of rotatable bonds is 4. The maximum absolute atomic E-state index is 13.1. The lowest BCUT2D eigenvalue weighted by atomic mass is 10.2. The molecule has 0 unspecified atom stereocenters. The average molecular weight is 363 g/mol. The van der Waals surface area contributed by atoms with Crippen molar-refractivity contribution in [3.8, 4) is 11.9 Å². The SMILES string of the molecule is N#Cc1ccnc(OCc2cc3n(n2)CCN(c2ccc(F)cc2)C3=O)c1. The number of halogens is 1. The normalized spacial score (nSPS) is 13.2. The number of anilines is 1. The lowest BCUT2D eigenvalue weighted by Crippen LogP contribution is -2.40. The molecule has 0 radical (unpaired) electrons. The highest BCUT2D eigenvalue weighted by Crippen LogP contribution is 2.22. The lowest BCUT2D eigenvalue weighted by Gasteiger charge is -2.27. The van der Waals surface area contributed by atoms with Crippen LogP contribution in [0.4, 0.5) is 10.1 Å². The third-order valence-corrected chi connectivity index (χ3v) is 4.20. The number of benzene rings is 1. The Morgan fingerprint density at radius 2 is 2.00 bits per heavy atom. The van der Waals surface area contributed by atoms with E-state index in [0.717, 1.165) is 0 Å². The van der Waals surface area contributed by atoms with Gasteiger partial charge in [0.1, 0.15) is 23.8 Å². The molecule has 1 aliphatic rings. The molecule has 0 saturated heterocycles. The van der Waals surface area contributed by atoms with Crippen molar-refractivity contribution in [3.63, 3.8) is 0 Å². The van der Waals surface area contributed by atoms with Crippen LogP contribution in [0.25, 0.3) is 0 Å². The summed E-state index contributed by atoms with van der Waals surface area (Å²) in [6.45, 7) is 1.11. The topological polar surface area (TPSA) is 84.0 Å². The van der Waals surface area contributed by atoms with E-state index in [2.05, 4.69) is 10.1 Å². The first-order chi connectivity index (χ1) is 13.1. The quantitative estimate of drug-likeness (QED) is 0.711. The number of nitrogens with zero attached hydrogens (tertiary/aromatic N) is 5. The van der Waals surface area contributed by atoms with Crippen molar-refractivity contribution in [2.75, 3.05) is 11.4 Å². The summed E-state index contributed by atoms with van der Waals surface area (Å²) in [6.07, 6.45) is 1.50. The minimum Gasteiger partial charge on any atom is -0.471 e. The molecular weight excluding hydrogens is 349 g/mol. The Balaban J connectivity index is 1.50. The molecule has 0 bridgehead atoms. The number of hydrogen-bond donors (Lipinski definition) is 0. The van der Waals surface area contributed by atoms with Crippen molar-refractivity contribution in [3.05, 3.63) is 71.4 Å². The summed E-state index contributed by atoms with van der Waals surface area (Å²) in [4.78, 5) is 18.4. The second-order valence-corrected chi connectivity index (χ2v) is 5.96. The summed E-state index contributed by atoms with van der Waals surface area (Å²) in [6, 6.07) is 12.6. The summed E-state index contributed by atoms with van der Waals surface area (Å²) >= 11 is 0. The van der Waals surface area contributed by atoms with Crippen LogP contribution in [0.3, 0.4) is 0 Å². The zero-order valence-corrected chi connectivity index (χ0v) is 14.2. The third kappa shape index (κ3) is 3.35. The minimum absolute atomic E-state index is 0.131. The Morgan fingerprint density at radius 1 is 1.19 bits per heavy atom. The molecule has 27 heavy (non-hydrogen) atoms. The van der Waals surface area contributed by atoms with E-state index in [-0.39, 0.29) is 18.3 Å². The van der Waals surface area contributed by atoms with Crippen LogP contribution in [-0.4, -0.2) is 27.2 Å². The number of aromatic nitrogens is 3. The fourth-order valence-corrected chi connectivity index (χ4v) is 2.89. The number of nitriles is 1. The van der Waals surface area contributed by atoms with Gasteiger partial charge in [0.2, 0.25) is 5.88 Å². The molecule has 3 aromatic rings. The molecule has 0 atom stereocenters. The fourth-order valence-electron chi connectivity index (χ4n) is 2.89. The Hall–Kier alpha value is -3.73. The molecule has 0 fully saturated rings. The van der Waals surface area contributed by atoms with Crippen molar-refractivity contribution in [2.45, 2.75) is 13.2 Å². The molecule has 0 saturated carbocycles. The van der Waals surface area contributed by atoms with Crippen molar-refractivity contribution in [1.82, 2.24) is 14.8 Å². The fraction of sp³-hybridized carbons (Fsp3) is 0.158. The van der Waals surface area contributed by atoms with Gasteiger partial charge in [-0.05, 0) is 36.4 Å². The van der Waals surface area contributed by atoms with E-state index in [9.17, 15) is 9.18 Å². The van der Waals surface area contributed by atoms with E-state index in [0.29, 0.717) is 41.6 Å². The van der Waals surface area contributed by atoms with Crippen LogP contribution in [0, 0.1) is 17.1 Å². The van der Waals surface area contributed by atoms with Gasteiger partial charge in [-0.1, -0.05) is 0 Å². The number of ether oxygens (including phenoxy) is 1. The van der Waals surface area contributed by atoms with E-state index in [1.165, 1.54) is 24.4 Å². The number of carbonyl (C=O) groups is 1. The number of hydrogen-bond acceptors (Lipinski definition) is 5. The molecular formula is C19H14FN5O2. The summed E-state index contributed by atoms with van der Waals surface area (Å²) in [5, 5.41) is 13.3. The summed E-state index contributed by atoms with van der Waals surface area (Å²) in [5.41, 5.74) is 2.13. The van der Waals surface area contributed by atoms with Crippen LogP contribution in [-0.2, 0) is 13.2 Å². The summed E-state index contributed by atoms with van der Waals surface area (Å²) in [7, 11) is 0. The Bertz CT molecular complexity index is 1040. The molecule has 7 nitrogen and oxygen atoms in total. The molecule has 2 aromatic heterocycles. The van der Waals surface area contributed by atoms with Crippen molar-refractivity contribution < 1.29 is 13.9 Å². The number of amides is 1. The molecule has 3 heterocycles. The smallest absolute Gasteiger partial charge is 0.276 e. The van der Waals surface area contributed by atoms with Gasteiger partial charge in [-0.3, -0.25) is 9.48 Å². The summed E-state index contributed by atoms with van der Waals surface area (Å²) in [5.74, 6) is -0.225. The maximum atomic E-state index is 13.1. The second kappa shape index (κ2) is 6.88. The highest BCUT2D eigenvalue weighted by Gasteiger charge is 2.27. The molecule has 1 amide bonds. The average Bonchev–Trinajstić information content (AvgIpc) is 3.12. The molecule has 0 spiro atoms. The largest absolute Gasteiger partial charge is 0.471 e. The van der Waals surface area contributed by atoms with Gasteiger partial charge in [-0.15, -0.1) is 0 Å². The van der Waals surface area contributed by atoms with Crippen LogP contribution < -0.4 is 9.64 Å². The van der Waals surface area contributed by atoms with Crippen molar-refractivity contribution >= 4 is 11.6 Å². The highest BCUT2D eigenvalue weighted by molar-refractivity contribution is 6.05. The van der Waals surface area contributed by atoms with Crippen LogP contribution in [0.15, 0.2) is 48.7 Å². The molecule has 4 rings (SSSR count). The van der Waals surface area contributed by atoms with Gasteiger partial charge in [-0.25, -0.2) is 9.37 Å². The van der Waals surface area contributed by atoms with E-state index >= 15 is 0 Å². The second-order valence-electron chi connectivity index (χ2n) is 5.96. The van der Waals surface area contributed by atoms with Crippen molar-refractivity contribution in [2.24, 2.45) is 0 Å². The van der Waals surface area contributed by atoms with E-state index in [4.69, 9.17) is 10.00 Å². The molecule has 134 valence electrons. The Morgan fingerprint density at radius 3 is 2.78 bits per heavy atom. The molecule has 1 aliphatic heterocycles. The predicted octanol–water partition coefficient (Wildman–Crippen LogP) is 2.53. The highest BCUT2D eigenvalue weighted by atomic mass is 19.1. The molecule has 0 N–H and O–H groups in total. The summed E-state index contributed by atoms with van der Waals surface area (Å²) < 4.78 is 20.3. The number of carbonyl (C=O) groups excluding carboxylic acids is 1. The first-order valence-electron chi connectivity index (χ1n) is 8.27. The first-order valence-corrected chi connectivity index (χ1v) is 8.27. The number of fused-ring (bicyclic) bond motifs is 1. The van der Waals surface area contributed by atoms with Crippen molar-refractivity contribution in [1.29, 1.82) is 5.26 Å². The van der Waals surface area contributed by atoms with Gasteiger partial charge >= 0.3 is 0 Å². The van der Waals surface area contributed by atoms with Crippen LogP contribution >= 0.6 is 0 Å². The minimum atomic E-state index is -0.346. The zero-order chi connectivity index (χ0) is 18.8. The predicted molar refractivity (Wildman–Crippen MR) is 93.6 cm³/mol. The standard InChI is InChI=1S/C19H14FN5O2/c20-14-1-3-16(4-2-14)24-7-8-25-17(19(24)26)10-15(23-25)12-27-18-9-13(11-21)5-6-22-18/h1-6,9-10H,7-8,12H2. The first kappa shape index (κ1) is 16.7. The van der Waals surface area contributed by atoms with Crippen LogP contribution in [0.2, 0.25) is 0 Å². The molecule has 0 aliphatic carbocycles. The van der Waals surface area contributed by atoms with Gasteiger partial charge in [0.15, 0.2) is 0 Å². The van der Waals surface area contributed by atoms with Gasteiger partial charge < -0.3 is 9.64 Å². The molecule has 8 heteroatoms. The maximum Gasteiger partial charge on any atom is 0.276 e. The third-order valence-electron chi connectivity index (χ3n) is 4.20. The van der Waals surface area contributed by atoms with Crippen LogP contribution in [0.1, 0.15) is 21.7 Å². The van der Waals surface area contributed by atoms with E-state index in [1.807, 2.05) is 6.07 Å². The number of pyridine rings is 1. The van der Waals surface area contributed by atoms with Gasteiger partial charge in [0, 0.05) is 24.5 Å². The van der Waals surface area contributed by atoms with E-state index < -0.39 is 0 Å². The Labute approximate surface area is 154 Å². The lowest BCUT2D eigenvalue weighted by molar-refractivity contribution is 0.0962. The van der Waals surface area contributed by atoms with Gasteiger partial charge in [0.05, 0.1) is 18.2 Å². The Kier molecular flexibility index (Phi) is 4.26.